The summed E-state index contributed by atoms with van der Waals surface area (Å²) in [4.78, 5) is 22.7. The molecule has 0 saturated heterocycles. The second-order valence-electron chi connectivity index (χ2n) is 9.11. The average Bonchev–Trinajstić information content (AvgIpc) is 2.74. The van der Waals surface area contributed by atoms with Crippen molar-refractivity contribution < 1.29 is 18.4 Å². The van der Waals surface area contributed by atoms with Crippen molar-refractivity contribution in [3.63, 3.8) is 0 Å². The zero-order chi connectivity index (χ0) is 24.4. The summed E-state index contributed by atoms with van der Waals surface area (Å²) < 4.78 is 24.4. The topological polar surface area (TPSA) is 58.2 Å². The number of carbonyl (C=O) groups excluding carboxylic acids is 2. The summed E-state index contributed by atoms with van der Waals surface area (Å²) in [6, 6.07) is 12.2. The lowest BCUT2D eigenvalue weighted by Gasteiger charge is -2.39. The van der Waals surface area contributed by atoms with E-state index < -0.39 is 11.6 Å². The van der Waals surface area contributed by atoms with E-state index in [1.807, 2.05) is 0 Å². The van der Waals surface area contributed by atoms with E-state index in [2.05, 4.69) is 48.7 Å². The Hall–Kier alpha value is -2.60. The monoisotopic (exact) mass is 458 g/mol. The van der Waals surface area contributed by atoms with Crippen LogP contribution in [0.2, 0.25) is 0 Å². The van der Waals surface area contributed by atoms with E-state index in [-0.39, 0.29) is 11.4 Å². The summed E-state index contributed by atoms with van der Waals surface area (Å²) >= 11 is 0. The highest BCUT2D eigenvalue weighted by atomic mass is 19.1. The molecular weight excluding hydrogens is 422 g/mol. The molecule has 1 fully saturated rings. The minimum atomic E-state index is -0.521. The van der Waals surface area contributed by atoms with Gasteiger partial charge in [-0.05, 0) is 67.5 Å². The van der Waals surface area contributed by atoms with E-state index in [1.54, 1.807) is 13.8 Å². The molecule has 2 aromatic carbocycles. The largest absolute Gasteiger partial charge is 0.356 e. The van der Waals surface area contributed by atoms with Gasteiger partial charge in [-0.15, -0.1) is 0 Å². The first-order chi connectivity index (χ1) is 15.6. The van der Waals surface area contributed by atoms with E-state index in [4.69, 9.17) is 0 Å². The zero-order valence-electron chi connectivity index (χ0n) is 20.1. The summed E-state index contributed by atoms with van der Waals surface area (Å²) in [5.41, 5.74) is 3.12. The highest BCUT2D eigenvalue weighted by Gasteiger charge is 2.35. The Balaban J connectivity index is 0.000000357. The first-order valence-electron chi connectivity index (χ1n) is 11.7. The van der Waals surface area contributed by atoms with Crippen LogP contribution in [-0.4, -0.2) is 24.8 Å². The average molecular weight is 459 g/mol. The second-order valence-corrected chi connectivity index (χ2v) is 9.11. The third-order valence-corrected chi connectivity index (χ3v) is 5.96. The molecule has 0 atom stereocenters. The maximum absolute atomic E-state index is 12.2. The SMILES string of the molecule is CC(=O)NCCCNC1(c2cccc(C(C)C)c2)CCC(=O)CC1.Cc1cc(F)cc(F)c1. The van der Waals surface area contributed by atoms with Crippen molar-refractivity contribution in [2.45, 2.75) is 71.3 Å². The number of nitrogens with one attached hydrogen (secondary N) is 2. The van der Waals surface area contributed by atoms with E-state index in [9.17, 15) is 18.4 Å². The molecule has 0 heterocycles. The fraction of sp³-hybridized carbons (Fsp3) is 0.481. The number of ketones is 1. The number of hydrogen-bond acceptors (Lipinski definition) is 3. The first kappa shape index (κ1) is 26.7. The molecule has 3 rings (SSSR count). The van der Waals surface area contributed by atoms with Gasteiger partial charge in [0.05, 0.1) is 0 Å². The van der Waals surface area contributed by atoms with Crippen molar-refractivity contribution in [2.75, 3.05) is 13.1 Å². The predicted octanol–water partition coefficient (Wildman–Crippen LogP) is 5.54. The number of rotatable bonds is 7. The molecule has 0 radical (unpaired) electrons. The van der Waals surface area contributed by atoms with Crippen LogP contribution < -0.4 is 10.6 Å². The zero-order valence-corrected chi connectivity index (χ0v) is 20.1. The number of carbonyl (C=O) groups is 2. The fourth-order valence-electron chi connectivity index (χ4n) is 4.09. The third kappa shape index (κ3) is 8.69. The van der Waals surface area contributed by atoms with Gasteiger partial charge in [0, 0.05) is 37.9 Å². The lowest BCUT2D eigenvalue weighted by Crippen LogP contribution is -2.46. The molecule has 1 amide bonds. The van der Waals surface area contributed by atoms with Gasteiger partial charge >= 0.3 is 0 Å². The second kappa shape index (κ2) is 12.6. The number of amides is 1. The van der Waals surface area contributed by atoms with Crippen molar-refractivity contribution in [3.05, 3.63) is 70.8 Å². The Morgan fingerprint density at radius 1 is 1.03 bits per heavy atom. The Morgan fingerprint density at radius 2 is 1.67 bits per heavy atom. The molecule has 6 heteroatoms. The van der Waals surface area contributed by atoms with Gasteiger partial charge in [-0.3, -0.25) is 9.59 Å². The van der Waals surface area contributed by atoms with E-state index >= 15 is 0 Å². The maximum atomic E-state index is 12.2. The smallest absolute Gasteiger partial charge is 0.216 e. The van der Waals surface area contributed by atoms with Gasteiger partial charge in [-0.2, -0.15) is 0 Å². The van der Waals surface area contributed by atoms with Crippen LogP contribution >= 0.6 is 0 Å². The highest BCUT2D eigenvalue weighted by Crippen LogP contribution is 2.37. The van der Waals surface area contributed by atoms with Gasteiger partial charge in [0.15, 0.2) is 0 Å². The van der Waals surface area contributed by atoms with Crippen LogP contribution in [0.15, 0.2) is 42.5 Å². The Labute approximate surface area is 196 Å². The molecular formula is C27H36F2N2O2. The minimum absolute atomic E-state index is 0.0117. The highest BCUT2D eigenvalue weighted by molar-refractivity contribution is 5.79. The lowest BCUT2D eigenvalue weighted by molar-refractivity contribution is -0.122. The number of aryl methyl sites for hydroxylation is 1. The Bertz CT molecular complexity index is 883. The predicted molar refractivity (Wildman–Crippen MR) is 128 cm³/mol. The summed E-state index contributed by atoms with van der Waals surface area (Å²) in [6.45, 7) is 9.11. The summed E-state index contributed by atoms with van der Waals surface area (Å²) in [5, 5.41) is 6.54. The third-order valence-electron chi connectivity index (χ3n) is 5.96. The van der Waals surface area contributed by atoms with Gasteiger partial charge in [0.2, 0.25) is 5.91 Å². The Kier molecular flexibility index (Phi) is 10.2. The molecule has 1 aliphatic rings. The van der Waals surface area contributed by atoms with Crippen molar-refractivity contribution in [1.82, 2.24) is 10.6 Å². The van der Waals surface area contributed by atoms with Gasteiger partial charge in [0.1, 0.15) is 17.4 Å². The van der Waals surface area contributed by atoms with Crippen LogP contribution in [0.3, 0.4) is 0 Å². The normalized spacial score (nSPS) is 15.1. The van der Waals surface area contributed by atoms with Crippen molar-refractivity contribution >= 4 is 11.7 Å². The molecule has 0 spiro atoms. The molecule has 33 heavy (non-hydrogen) atoms. The number of halogens is 2. The maximum Gasteiger partial charge on any atom is 0.216 e. The van der Waals surface area contributed by atoms with Crippen LogP contribution in [0.5, 0.6) is 0 Å². The summed E-state index contributed by atoms with van der Waals surface area (Å²) in [6.07, 6.45) is 3.88. The summed E-state index contributed by atoms with van der Waals surface area (Å²) in [7, 11) is 0. The van der Waals surface area contributed by atoms with Crippen LogP contribution in [-0.2, 0) is 15.1 Å². The number of Topliss-reactive ketones (excluding diaryl/α,β-unsaturated/α-hetero) is 1. The Morgan fingerprint density at radius 3 is 2.21 bits per heavy atom. The fourth-order valence-corrected chi connectivity index (χ4v) is 4.09. The quantitative estimate of drug-likeness (QED) is 0.536. The van der Waals surface area contributed by atoms with Gasteiger partial charge in [-0.25, -0.2) is 8.78 Å². The molecule has 180 valence electrons. The standard InChI is InChI=1S/C20H30N2O2.C7H6F2/c1-15(2)17-6-4-7-18(14-17)20(10-8-19(24)9-11-20)22-13-5-12-21-16(3)23;1-5-2-6(8)4-7(9)3-5/h4,6-7,14-15,22H,5,8-13H2,1-3H3,(H,21,23);2-4H,1H3. The molecule has 1 aliphatic carbocycles. The molecule has 0 bridgehead atoms. The van der Waals surface area contributed by atoms with E-state index in [0.29, 0.717) is 36.7 Å². The molecule has 0 unspecified atom stereocenters. The van der Waals surface area contributed by atoms with Gasteiger partial charge in [0.25, 0.3) is 0 Å². The van der Waals surface area contributed by atoms with Gasteiger partial charge in [-0.1, -0.05) is 38.1 Å². The molecule has 2 aromatic rings. The van der Waals surface area contributed by atoms with Crippen molar-refractivity contribution in [2.24, 2.45) is 0 Å². The van der Waals surface area contributed by atoms with Crippen LogP contribution in [0.1, 0.15) is 75.5 Å². The molecule has 4 nitrogen and oxygen atoms in total. The summed E-state index contributed by atoms with van der Waals surface area (Å²) in [5.74, 6) is -0.171. The molecule has 0 aliphatic heterocycles. The van der Waals surface area contributed by atoms with Crippen molar-refractivity contribution in [3.8, 4) is 0 Å². The van der Waals surface area contributed by atoms with Crippen LogP contribution in [0.4, 0.5) is 8.78 Å². The van der Waals surface area contributed by atoms with E-state index in [0.717, 1.165) is 31.9 Å². The minimum Gasteiger partial charge on any atom is -0.356 e. The van der Waals surface area contributed by atoms with Crippen molar-refractivity contribution in [1.29, 1.82) is 0 Å². The van der Waals surface area contributed by atoms with Gasteiger partial charge < -0.3 is 10.6 Å². The first-order valence-corrected chi connectivity index (χ1v) is 11.7. The van der Waals surface area contributed by atoms with Crippen LogP contribution in [0.25, 0.3) is 0 Å². The lowest BCUT2D eigenvalue weighted by atomic mass is 9.75. The molecule has 1 saturated carbocycles. The molecule has 0 aromatic heterocycles. The number of hydrogen-bond donors (Lipinski definition) is 2. The number of benzene rings is 2. The molecule has 2 N–H and O–H groups in total. The van der Waals surface area contributed by atoms with Crippen LogP contribution in [0, 0.1) is 18.6 Å². The van der Waals surface area contributed by atoms with E-state index in [1.165, 1.54) is 23.3 Å².